The van der Waals surface area contributed by atoms with Crippen molar-refractivity contribution in [2.75, 3.05) is 24.4 Å². The summed E-state index contributed by atoms with van der Waals surface area (Å²) in [5.74, 6) is 1.14. The molecule has 2 rings (SSSR count). The van der Waals surface area contributed by atoms with Crippen LogP contribution in [0.25, 0.3) is 6.08 Å². The molecule has 2 aromatic rings. The molecule has 0 bridgehead atoms. The minimum atomic E-state index is -0.460. The van der Waals surface area contributed by atoms with E-state index in [1.54, 1.807) is 43.5 Å². The molecule has 0 aliphatic rings. The first kappa shape index (κ1) is 16.4. The molecule has 120 valence electrons. The Labute approximate surface area is 134 Å². The molecular formula is C17H18N2O4. The number of hydrogen-bond donors (Lipinski definition) is 1. The van der Waals surface area contributed by atoms with Crippen molar-refractivity contribution in [3.8, 4) is 0 Å². The van der Waals surface area contributed by atoms with Crippen LogP contribution in [-0.4, -0.2) is 26.2 Å². The first-order valence-corrected chi connectivity index (χ1v) is 6.97. The monoisotopic (exact) mass is 314 g/mol. The maximum atomic E-state index is 11.8. The van der Waals surface area contributed by atoms with Gasteiger partial charge in [-0.3, -0.25) is 9.69 Å². The van der Waals surface area contributed by atoms with Crippen LogP contribution in [0.5, 0.6) is 0 Å². The van der Waals surface area contributed by atoms with E-state index in [-0.39, 0.29) is 5.91 Å². The Morgan fingerprint density at radius 2 is 1.87 bits per heavy atom. The lowest BCUT2D eigenvalue weighted by atomic mass is 10.2. The predicted molar refractivity (Wildman–Crippen MR) is 88.4 cm³/mol. The van der Waals surface area contributed by atoms with Crippen LogP contribution in [0.15, 0.2) is 46.9 Å². The topological polar surface area (TPSA) is 71.8 Å². The Kier molecular flexibility index (Phi) is 5.19. The molecule has 1 heterocycles. The van der Waals surface area contributed by atoms with Crippen molar-refractivity contribution >= 4 is 29.5 Å². The van der Waals surface area contributed by atoms with Crippen molar-refractivity contribution in [2.24, 2.45) is 0 Å². The van der Waals surface area contributed by atoms with Crippen LogP contribution in [0, 0.1) is 6.92 Å². The fraction of sp³-hybridized carbons (Fsp3) is 0.176. The van der Waals surface area contributed by atoms with Gasteiger partial charge in [0.05, 0.1) is 7.11 Å². The van der Waals surface area contributed by atoms with E-state index in [2.05, 4.69) is 10.1 Å². The van der Waals surface area contributed by atoms with Crippen LogP contribution in [0.2, 0.25) is 0 Å². The number of hydrogen-bond acceptors (Lipinski definition) is 4. The van der Waals surface area contributed by atoms with Gasteiger partial charge in [0.1, 0.15) is 11.5 Å². The molecule has 0 saturated heterocycles. The molecule has 0 aliphatic heterocycles. The molecule has 0 spiro atoms. The first-order chi connectivity index (χ1) is 11.0. The third kappa shape index (κ3) is 4.47. The summed E-state index contributed by atoms with van der Waals surface area (Å²) < 4.78 is 9.98. The van der Waals surface area contributed by atoms with E-state index in [1.165, 1.54) is 18.1 Å². The molecule has 1 aromatic heterocycles. The van der Waals surface area contributed by atoms with Crippen LogP contribution in [0.1, 0.15) is 11.5 Å². The molecule has 0 fully saturated rings. The smallest absolute Gasteiger partial charge is 0.413 e. The summed E-state index contributed by atoms with van der Waals surface area (Å²) in [4.78, 5) is 24.6. The van der Waals surface area contributed by atoms with Crippen molar-refractivity contribution in [3.05, 3.63) is 54.0 Å². The number of nitrogens with one attached hydrogen (secondary N) is 1. The largest absolute Gasteiger partial charge is 0.462 e. The highest BCUT2D eigenvalue weighted by atomic mass is 16.5. The molecular weight excluding hydrogens is 296 g/mol. The van der Waals surface area contributed by atoms with Crippen LogP contribution in [0.4, 0.5) is 16.2 Å². The summed E-state index contributed by atoms with van der Waals surface area (Å²) in [6, 6.07) is 10.5. The number of nitrogens with zero attached hydrogens (tertiary/aromatic N) is 1. The highest BCUT2D eigenvalue weighted by Gasteiger charge is 2.10. The van der Waals surface area contributed by atoms with Gasteiger partial charge in [-0.2, -0.15) is 0 Å². The summed E-state index contributed by atoms with van der Waals surface area (Å²) in [7, 11) is 2.92. The lowest BCUT2D eigenvalue weighted by Crippen LogP contribution is -2.25. The fourth-order valence-electron chi connectivity index (χ4n) is 1.90. The Morgan fingerprint density at radius 1 is 1.17 bits per heavy atom. The van der Waals surface area contributed by atoms with Gasteiger partial charge in [-0.1, -0.05) is 0 Å². The Balaban J connectivity index is 1.96. The van der Waals surface area contributed by atoms with E-state index in [9.17, 15) is 9.59 Å². The summed E-state index contributed by atoms with van der Waals surface area (Å²) in [5, 5.41) is 2.73. The second kappa shape index (κ2) is 7.31. The summed E-state index contributed by atoms with van der Waals surface area (Å²) in [5.41, 5.74) is 1.29. The molecule has 6 heteroatoms. The van der Waals surface area contributed by atoms with E-state index in [1.807, 2.05) is 13.0 Å². The number of aryl methyl sites for hydroxylation is 1. The Hall–Kier alpha value is -3.02. The lowest BCUT2D eigenvalue weighted by molar-refractivity contribution is -0.111. The fourth-order valence-corrected chi connectivity index (χ4v) is 1.90. The second-order valence-electron chi connectivity index (χ2n) is 4.85. The molecule has 23 heavy (non-hydrogen) atoms. The third-order valence-electron chi connectivity index (χ3n) is 3.13. The number of furan rings is 1. The van der Waals surface area contributed by atoms with Gasteiger partial charge >= 0.3 is 6.09 Å². The lowest BCUT2D eigenvalue weighted by Gasteiger charge is -2.15. The predicted octanol–water partition coefficient (Wildman–Crippen LogP) is 3.44. The zero-order chi connectivity index (χ0) is 16.8. The van der Waals surface area contributed by atoms with Gasteiger partial charge in [0.15, 0.2) is 0 Å². The molecule has 0 atom stereocenters. The van der Waals surface area contributed by atoms with Crippen LogP contribution >= 0.6 is 0 Å². The van der Waals surface area contributed by atoms with Gasteiger partial charge in [0.25, 0.3) is 0 Å². The quantitative estimate of drug-likeness (QED) is 0.877. The normalized spacial score (nSPS) is 10.6. The standard InChI is InChI=1S/C17H18N2O4/c1-12-4-9-15(23-12)10-11-16(20)18-13-5-7-14(8-6-13)19(2)17(21)22-3/h4-11H,1-3H3,(H,18,20)/b11-10+. The van der Waals surface area contributed by atoms with Crippen molar-refractivity contribution in [1.82, 2.24) is 0 Å². The zero-order valence-corrected chi connectivity index (χ0v) is 13.2. The molecule has 0 unspecified atom stereocenters. The van der Waals surface area contributed by atoms with E-state index < -0.39 is 6.09 Å². The maximum Gasteiger partial charge on any atom is 0.413 e. The second-order valence-corrected chi connectivity index (χ2v) is 4.85. The van der Waals surface area contributed by atoms with E-state index in [0.29, 0.717) is 17.1 Å². The minimum absolute atomic E-state index is 0.270. The van der Waals surface area contributed by atoms with Gasteiger partial charge in [-0.15, -0.1) is 0 Å². The Morgan fingerprint density at radius 3 is 2.43 bits per heavy atom. The summed E-state index contributed by atoms with van der Waals surface area (Å²) >= 11 is 0. The average Bonchev–Trinajstić information content (AvgIpc) is 2.97. The molecule has 6 nitrogen and oxygen atoms in total. The zero-order valence-electron chi connectivity index (χ0n) is 13.2. The molecule has 1 N–H and O–H groups in total. The summed E-state index contributed by atoms with van der Waals surface area (Å²) in [6.07, 6.45) is 2.53. The number of benzene rings is 1. The SMILES string of the molecule is COC(=O)N(C)c1ccc(NC(=O)/C=C/c2ccc(C)o2)cc1. The molecule has 0 radical (unpaired) electrons. The van der Waals surface area contributed by atoms with E-state index >= 15 is 0 Å². The summed E-state index contributed by atoms with van der Waals surface area (Å²) in [6.45, 7) is 1.84. The number of rotatable bonds is 4. The average molecular weight is 314 g/mol. The maximum absolute atomic E-state index is 11.8. The molecule has 0 aliphatic carbocycles. The van der Waals surface area contributed by atoms with Gasteiger partial charge < -0.3 is 14.5 Å². The van der Waals surface area contributed by atoms with Crippen molar-refractivity contribution in [1.29, 1.82) is 0 Å². The van der Waals surface area contributed by atoms with Gasteiger partial charge in [-0.25, -0.2) is 4.79 Å². The Bertz CT molecular complexity index is 716. The van der Waals surface area contributed by atoms with Gasteiger partial charge in [0, 0.05) is 24.5 Å². The highest BCUT2D eigenvalue weighted by molar-refractivity contribution is 6.01. The van der Waals surface area contributed by atoms with Crippen LogP contribution in [-0.2, 0) is 9.53 Å². The van der Waals surface area contributed by atoms with Crippen molar-refractivity contribution in [2.45, 2.75) is 6.92 Å². The van der Waals surface area contributed by atoms with Crippen molar-refractivity contribution in [3.63, 3.8) is 0 Å². The number of ether oxygens (including phenoxy) is 1. The van der Waals surface area contributed by atoms with Crippen molar-refractivity contribution < 1.29 is 18.7 Å². The van der Waals surface area contributed by atoms with Gasteiger partial charge in [-0.05, 0) is 49.4 Å². The van der Waals surface area contributed by atoms with E-state index in [0.717, 1.165) is 5.76 Å². The first-order valence-electron chi connectivity index (χ1n) is 6.97. The molecule has 2 amide bonds. The number of carbonyl (C=O) groups is 2. The number of methoxy groups -OCH3 is 1. The molecule has 1 aromatic carbocycles. The number of carbonyl (C=O) groups excluding carboxylic acids is 2. The minimum Gasteiger partial charge on any atom is -0.462 e. The van der Waals surface area contributed by atoms with Crippen LogP contribution in [0.3, 0.4) is 0 Å². The third-order valence-corrected chi connectivity index (χ3v) is 3.13. The van der Waals surface area contributed by atoms with Crippen LogP contribution < -0.4 is 10.2 Å². The molecule has 0 saturated carbocycles. The number of amides is 2. The number of anilines is 2. The van der Waals surface area contributed by atoms with Gasteiger partial charge in [0.2, 0.25) is 5.91 Å². The van der Waals surface area contributed by atoms with E-state index in [4.69, 9.17) is 4.42 Å². The highest BCUT2D eigenvalue weighted by Crippen LogP contribution is 2.17.